The lowest BCUT2D eigenvalue weighted by molar-refractivity contribution is -0.118. The van der Waals surface area contributed by atoms with Gasteiger partial charge in [0, 0.05) is 42.1 Å². The molecule has 4 aromatic rings. The van der Waals surface area contributed by atoms with Gasteiger partial charge < -0.3 is 10.6 Å². The third-order valence-electron chi connectivity index (χ3n) is 6.34. The predicted octanol–water partition coefficient (Wildman–Crippen LogP) is 4.68. The summed E-state index contributed by atoms with van der Waals surface area (Å²) in [6, 6.07) is 18.7. The highest BCUT2D eigenvalue weighted by molar-refractivity contribution is 7.07. The normalized spacial score (nSPS) is 13.6. The number of hydrogen-bond acceptors (Lipinski definition) is 6. The van der Waals surface area contributed by atoms with E-state index in [1.54, 1.807) is 24.0 Å². The molecule has 0 radical (unpaired) electrons. The molecule has 1 aliphatic rings. The molecule has 0 unspecified atom stereocenters. The van der Waals surface area contributed by atoms with E-state index in [1.807, 2.05) is 60.0 Å². The quantitative estimate of drug-likeness (QED) is 0.272. The van der Waals surface area contributed by atoms with Crippen molar-refractivity contribution in [3.8, 4) is 11.1 Å². The Morgan fingerprint density at radius 1 is 1.00 bits per heavy atom. The Bertz CT molecular complexity index is 1330. The number of rotatable bonds is 11. The number of carbonyl (C=O) groups is 2. The van der Waals surface area contributed by atoms with Gasteiger partial charge in [0.05, 0.1) is 17.2 Å². The minimum atomic E-state index is -0.485. The van der Waals surface area contributed by atoms with E-state index in [4.69, 9.17) is 0 Å². The van der Waals surface area contributed by atoms with Crippen LogP contribution in [-0.2, 0) is 17.8 Å². The van der Waals surface area contributed by atoms with Crippen LogP contribution in [0.4, 0.5) is 5.69 Å². The van der Waals surface area contributed by atoms with E-state index in [-0.39, 0.29) is 11.8 Å². The Hall–Kier alpha value is -3.88. The van der Waals surface area contributed by atoms with Crippen LogP contribution in [0.1, 0.15) is 34.5 Å². The van der Waals surface area contributed by atoms with Gasteiger partial charge in [0.15, 0.2) is 0 Å². The summed E-state index contributed by atoms with van der Waals surface area (Å²) in [5.74, 6) is 0.269. The van der Waals surface area contributed by atoms with Crippen LogP contribution in [0.2, 0.25) is 0 Å². The molecule has 7 nitrogen and oxygen atoms in total. The van der Waals surface area contributed by atoms with Gasteiger partial charge in [-0.25, -0.2) is 4.98 Å². The summed E-state index contributed by atoms with van der Waals surface area (Å²) in [6.07, 6.45) is 6.28. The van der Waals surface area contributed by atoms with E-state index in [1.165, 1.54) is 11.3 Å². The van der Waals surface area contributed by atoms with Crippen molar-refractivity contribution in [2.75, 3.05) is 11.9 Å². The van der Waals surface area contributed by atoms with Crippen molar-refractivity contribution in [1.29, 1.82) is 0 Å². The van der Waals surface area contributed by atoms with Crippen LogP contribution in [0.15, 0.2) is 83.9 Å². The van der Waals surface area contributed by atoms with Crippen molar-refractivity contribution in [3.63, 3.8) is 0 Å². The standard InChI is InChI=1S/C29H29N5O2S/c35-28(32-16-21-6-7-21)24-13-23(22-8-10-30-11-9-22)14-25(15-24)34-29(36)27(12-20-4-2-1-3-5-20)31-17-26-18-37-19-33-26/h1-5,8-11,13-15,18-19,21,27,31H,6-7,12,16-17H2,(H,32,35)(H,34,36)/t27-/m0/s1. The summed E-state index contributed by atoms with van der Waals surface area (Å²) >= 11 is 1.53. The lowest BCUT2D eigenvalue weighted by atomic mass is 10.0. The number of hydrogen-bond donors (Lipinski definition) is 3. The lowest BCUT2D eigenvalue weighted by Gasteiger charge is -2.19. The monoisotopic (exact) mass is 511 g/mol. The number of aromatic nitrogens is 2. The summed E-state index contributed by atoms with van der Waals surface area (Å²) in [5, 5.41) is 11.4. The van der Waals surface area contributed by atoms with Crippen LogP contribution < -0.4 is 16.0 Å². The molecule has 0 bridgehead atoms. The van der Waals surface area contributed by atoms with E-state index in [9.17, 15) is 9.59 Å². The maximum atomic E-state index is 13.5. The third-order valence-corrected chi connectivity index (χ3v) is 6.97. The molecule has 0 aliphatic heterocycles. The van der Waals surface area contributed by atoms with Crippen LogP contribution >= 0.6 is 11.3 Å². The molecule has 8 heteroatoms. The van der Waals surface area contributed by atoms with Gasteiger partial charge in [0.2, 0.25) is 5.91 Å². The van der Waals surface area contributed by atoms with Crippen LogP contribution in [0.5, 0.6) is 0 Å². The number of carbonyl (C=O) groups excluding carboxylic acids is 2. The predicted molar refractivity (Wildman–Crippen MR) is 146 cm³/mol. The topological polar surface area (TPSA) is 96.0 Å². The Morgan fingerprint density at radius 2 is 1.81 bits per heavy atom. The van der Waals surface area contributed by atoms with Gasteiger partial charge in [0.25, 0.3) is 5.91 Å². The number of anilines is 1. The van der Waals surface area contributed by atoms with Crippen molar-refractivity contribution in [1.82, 2.24) is 20.6 Å². The Labute approximate surface area is 220 Å². The first kappa shape index (κ1) is 24.8. The van der Waals surface area contributed by atoms with E-state index >= 15 is 0 Å². The van der Waals surface area contributed by atoms with Crippen LogP contribution in [0.3, 0.4) is 0 Å². The summed E-state index contributed by atoms with van der Waals surface area (Å²) in [4.78, 5) is 34.9. The molecule has 1 atom stereocenters. The fourth-order valence-corrected chi connectivity index (χ4v) is 4.65. The van der Waals surface area contributed by atoms with E-state index in [0.29, 0.717) is 36.7 Å². The summed E-state index contributed by atoms with van der Waals surface area (Å²) < 4.78 is 0. The zero-order valence-corrected chi connectivity index (χ0v) is 21.2. The zero-order valence-electron chi connectivity index (χ0n) is 20.4. The molecular formula is C29H29N5O2S. The van der Waals surface area contributed by atoms with E-state index in [0.717, 1.165) is 35.2 Å². The molecule has 1 aliphatic carbocycles. The third kappa shape index (κ3) is 7.09. The SMILES string of the molecule is O=C(NCC1CC1)c1cc(NC(=O)[C@H](Cc2ccccc2)NCc2cscn2)cc(-c2ccncc2)c1. The number of nitrogens with zero attached hydrogens (tertiary/aromatic N) is 2. The van der Waals surface area contributed by atoms with Crippen molar-refractivity contribution in [2.24, 2.45) is 5.92 Å². The maximum Gasteiger partial charge on any atom is 0.251 e. The van der Waals surface area contributed by atoms with Gasteiger partial charge >= 0.3 is 0 Å². The van der Waals surface area contributed by atoms with Crippen LogP contribution in [0.25, 0.3) is 11.1 Å². The molecule has 2 heterocycles. The fourth-order valence-electron chi connectivity index (χ4n) is 4.09. The summed E-state index contributed by atoms with van der Waals surface area (Å²) in [7, 11) is 0. The molecule has 0 spiro atoms. The second-order valence-electron chi connectivity index (χ2n) is 9.28. The molecule has 0 saturated heterocycles. The summed E-state index contributed by atoms with van der Waals surface area (Å²) in [5.41, 5.74) is 6.58. The Morgan fingerprint density at radius 3 is 2.54 bits per heavy atom. The van der Waals surface area contributed by atoms with Crippen molar-refractivity contribution >= 4 is 28.8 Å². The lowest BCUT2D eigenvalue weighted by Crippen LogP contribution is -2.42. The van der Waals surface area contributed by atoms with Crippen LogP contribution in [0, 0.1) is 5.92 Å². The van der Waals surface area contributed by atoms with Gasteiger partial charge in [-0.1, -0.05) is 30.3 Å². The fraction of sp³-hybridized carbons (Fsp3) is 0.241. The molecule has 37 heavy (non-hydrogen) atoms. The van der Waals surface area contributed by atoms with Gasteiger partial charge in [-0.15, -0.1) is 11.3 Å². The molecule has 2 aromatic carbocycles. The second-order valence-corrected chi connectivity index (χ2v) is 10.00. The molecule has 188 valence electrons. The number of pyridine rings is 1. The second kappa shape index (κ2) is 11.9. The smallest absolute Gasteiger partial charge is 0.251 e. The minimum absolute atomic E-state index is 0.138. The number of thiazole rings is 1. The average molecular weight is 512 g/mol. The summed E-state index contributed by atoms with van der Waals surface area (Å²) in [6.45, 7) is 1.17. The van der Waals surface area contributed by atoms with Crippen molar-refractivity contribution in [2.45, 2.75) is 31.8 Å². The molecule has 1 fully saturated rings. The highest BCUT2D eigenvalue weighted by Gasteiger charge is 2.23. The maximum absolute atomic E-state index is 13.5. The molecule has 2 aromatic heterocycles. The molecule has 1 saturated carbocycles. The molecule has 3 N–H and O–H groups in total. The average Bonchev–Trinajstić information content (AvgIpc) is 3.62. The largest absolute Gasteiger partial charge is 0.352 e. The highest BCUT2D eigenvalue weighted by atomic mass is 32.1. The Balaban J connectivity index is 1.38. The molecular weight excluding hydrogens is 482 g/mol. The molecule has 2 amide bonds. The zero-order chi connectivity index (χ0) is 25.5. The first-order chi connectivity index (χ1) is 18.1. The Kier molecular flexibility index (Phi) is 7.98. The number of amides is 2. The van der Waals surface area contributed by atoms with Gasteiger partial charge in [-0.05, 0) is 72.2 Å². The molecule has 5 rings (SSSR count). The first-order valence-electron chi connectivity index (χ1n) is 12.4. The first-order valence-corrected chi connectivity index (χ1v) is 13.4. The number of nitrogens with one attached hydrogen (secondary N) is 3. The van der Waals surface area contributed by atoms with Crippen molar-refractivity contribution < 1.29 is 9.59 Å². The van der Waals surface area contributed by atoms with Gasteiger partial charge in [0.1, 0.15) is 0 Å². The van der Waals surface area contributed by atoms with E-state index < -0.39 is 6.04 Å². The van der Waals surface area contributed by atoms with Crippen LogP contribution in [-0.4, -0.2) is 34.4 Å². The van der Waals surface area contributed by atoms with E-state index in [2.05, 4.69) is 25.9 Å². The van der Waals surface area contributed by atoms with Gasteiger partial charge in [-0.3, -0.25) is 19.9 Å². The van der Waals surface area contributed by atoms with Crippen molar-refractivity contribution in [3.05, 3.63) is 101 Å². The minimum Gasteiger partial charge on any atom is -0.352 e. The van der Waals surface area contributed by atoms with Gasteiger partial charge in [-0.2, -0.15) is 0 Å². The highest BCUT2D eigenvalue weighted by Crippen LogP contribution is 2.28. The number of benzene rings is 2.